The lowest BCUT2D eigenvalue weighted by molar-refractivity contribution is -0.143. The summed E-state index contributed by atoms with van der Waals surface area (Å²) in [5.41, 5.74) is 5.69. The number of carbonyl (C=O) groups is 1. The van der Waals surface area contributed by atoms with Crippen LogP contribution in [0.4, 0.5) is 0 Å². The fourth-order valence-electron chi connectivity index (χ4n) is 2.85. The van der Waals surface area contributed by atoms with E-state index >= 15 is 0 Å². The molecule has 1 aliphatic rings. The summed E-state index contributed by atoms with van der Waals surface area (Å²) in [5, 5.41) is 0. The van der Waals surface area contributed by atoms with Gasteiger partial charge in [0, 0.05) is 19.0 Å². The first-order chi connectivity index (χ1) is 9.63. The molecule has 20 heavy (non-hydrogen) atoms. The van der Waals surface area contributed by atoms with Gasteiger partial charge < -0.3 is 10.5 Å². The number of nitrogens with two attached hydrogens (primary N) is 1. The van der Waals surface area contributed by atoms with Crippen LogP contribution in [0.15, 0.2) is 0 Å². The summed E-state index contributed by atoms with van der Waals surface area (Å²) in [4.78, 5) is 14.2. The van der Waals surface area contributed by atoms with Crippen LogP contribution < -0.4 is 5.73 Å². The Morgan fingerprint density at radius 2 is 2.00 bits per heavy atom. The zero-order chi connectivity index (χ0) is 14.8. The third-order valence-electron chi connectivity index (χ3n) is 3.83. The van der Waals surface area contributed by atoms with Gasteiger partial charge in [-0.25, -0.2) is 0 Å². The van der Waals surface area contributed by atoms with E-state index in [9.17, 15) is 4.79 Å². The predicted molar refractivity (Wildman–Crippen MR) is 85.7 cm³/mol. The zero-order valence-corrected chi connectivity index (χ0v) is 13.4. The molecule has 0 aliphatic heterocycles. The molecular weight excluding hydrogens is 272 g/mol. The van der Waals surface area contributed by atoms with E-state index in [-0.39, 0.29) is 5.97 Å². The summed E-state index contributed by atoms with van der Waals surface area (Å²) in [6.07, 6.45) is 8.77. The molecule has 0 aromatic carbocycles. The highest BCUT2D eigenvalue weighted by molar-refractivity contribution is 7.80. The third kappa shape index (κ3) is 7.20. The molecule has 1 rings (SSSR count). The van der Waals surface area contributed by atoms with Crippen LogP contribution in [0.2, 0.25) is 0 Å². The van der Waals surface area contributed by atoms with Gasteiger partial charge in [0.15, 0.2) is 0 Å². The van der Waals surface area contributed by atoms with Gasteiger partial charge in [0.05, 0.1) is 11.6 Å². The Balaban J connectivity index is 2.18. The second-order valence-electron chi connectivity index (χ2n) is 5.49. The third-order valence-corrected chi connectivity index (χ3v) is 3.96. The molecule has 0 amide bonds. The highest BCUT2D eigenvalue weighted by atomic mass is 32.1. The fraction of sp³-hybridized carbons (Fsp3) is 0.867. The lowest BCUT2D eigenvalue weighted by Gasteiger charge is -2.28. The van der Waals surface area contributed by atoms with Crippen LogP contribution >= 0.6 is 12.2 Å². The molecule has 0 aromatic rings. The molecule has 4 nitrogen and oxygen atoms in total. The summed E-state index contributed by atoms with van der Waals surface area (Å²) >= 11 is 5.05. The molecule has 0 atom stereocenters. The van der Waals surface area contributed by atoms with Gasteiger partial charge in [-0.3, -0.25) is 9.69 Å². The number of unbranched alkanes of at least 4 members (excludes halogenated alkanes) is 2. The highest BCUT2D eigenvalue weighted by Crippen LogP contribution is 2.23. The molecule has 1 fully saturated rings. The molecule has 0 aromatic heterocycles. The summed E-state index contributed by atoms with van der Waals surface area (Å²) in [7, 11) is 0. The zero-order valence-electron chi connectivity index (χ0n) is 12.6. The summed E-state index contributed by atoms with van der Waals surface area (Å²) in [6, 6.07) is 0.654. The van der Waals surface area contributed by atoms with E-state index in [0.717, 1.165) is 32.4 Å². The number of hydrogen-bond acceptors (Lipinski definition) is 4. The molecule has 0 spiro atoms. The van der Waals surface area contributed by atoms with E-state index in [1.165, 1.54) is 25.7 Å². The van der Waals surface area contributed by atoms with Gasteiger partial charge in [-0.05, 0) is 39.2 Å². The van der Waals surface area contributed by atoms with Crippen molar-refractivity contribution in [3.05, 3.63) is 0 Å². The summed E-state index contributed by atoms with van der Waals surface area (Å²) in [5.74, 6) is -0.0803. The average molecular weight is 300 g/mol. The second-order valence-corrected chi connectivity index (χ2v) is 6.02. The number of rotatable bonds is 10. The van der Waals surface area contributed by atoms with Crippen molar-refractivity contribution in [3.8, 4) is 0 Å². The van der Waals surface area contributed by atoms with Crippen molar-refractivity contribution in [3.63, 3.8) is 0 Å². The minimum absolute atomic E-state index is 0.0803. The summed E-state index contributed by atoms with van der Waals surface area (Å²) in [6.45, 7) is 4.08. The molecule has 0 radical (unpaired) electrons. The number of nitrogens with zero attached hydrogens (tertiary/aromatic N) is 1. The first-order valence-electron chi connectivity index (χ1n) is 7.81. The molecule has 0 saturated heterocycles. The molecule has 2 N–H and O–H groups in total. The lowest BCUT2D eigenvalue weighted by atomic mass is 10.1. The van der Waals surface area contributed by atoms with E-state index in [1.54, 1.807) is 0 Å². The standard InChI is InChI=1S/C15H28N2O2S/c1-2-19-15(18)10-4-3-7-11-17(12-14(16)20)13-8-5-6-9-13/h13H,2-12H2,1H3,(H2,16,20). The highest BCUT2D eigenvalue weighted by Gasteiger charge is 2.22. The van der Waals surface area contributed by atoms with Gasteiger partial charge >= 0.3 is 5.97 Å². The number of esters is 1. The Hall–Kier alpha value is -0.680. The number of carbonyl (C=O) groups excluding carboxylic acids is 1. The van der Waals surface area contributed by atoms with Crippen molar-refractivity contribution in [2.24, 2.45) is 5.73 Å². The van der Waals surface area contributed by atoms with Crippen molar-refractivity contribution in [2.45, 2.75) is 64.3 Å². The number of hydrogen-bond donors (Lipinski definition) is 1. The second kappa shape index (κ2) is 10.1. The van der Waals surface area contributed by atoms with Crippen LogP contribution in [0.25, 0.3) is 0 Å². The van der Waals surface area contributed by atoms with Crippen LogP contribution in [0.1, 0.15) is 58.3 Å². The molecule has 116 valence electrons. The van der Waals surface area contributed by atoms with Crippen LogP contribution in [-0.2, 0) is 9.53 Å². The molecule has 0 unspecified atom stereocenters. The summed E-state index contributed by atoms with van der Waals surface area (Å²) < 4.78 is 4.92. The quantitative estimate of drug-likeness (QED) is 0.382. The minimum Gasteiger partial charge on any atom is -0.466 e. The Kier molecular flexibility index (Phi) is 8.78. The van der Waals surface area contributed by atoms with E-state index in [0.29, 0.717) is 24.1 Å². The first kappa shape index (κ1) is 17.4. The lowest BCUT2D eigenvalue weighted by Crippen LogP contribution is -2.40. The van der Waals surface area contributed by atoms with Gasteiger partial charge in [0.2, 0.25) is 0 Å². The van der Waals surface area contributed by atoms with Gasteiger partial charge in [-0.2, -0.15) is 0 Å². The van der Waals surface area contributed by atoms with Crippen molar-refractivity contribution < 1.29 is 9.53 Å². The normalized spacial score (nSPS) is 15.7. The molecule has 1 aliphatic carbocycles. The van der Waals surface area contributed by atoms with E-state index in [2.05, 4.69) is 4.90 Å². The van der Waals surface area contributed by atoms with E-state index in [1.807, 2.05) is 6.92 Å². The maximum atomic E-state index is 11.2. The Morgan fingerprint density at radius 3 is 2.60 bits per heavy atom. The average Bonchev–Trinajstić information content (AvgIpc) is 2.90. The maximum absolute atomic E-state index is 11.2. The maximum Gasteiger partial charge on any atom is 0.305 e. The van der Waals surface area contributed by atoms with Crippen molar-refractivity contribution in [1.29, 1.82) is 0 Å². The number of ether oxygens (including phenoxy) is 1. The Labute approximate surface area is 128 Å². The van der Waals surface area contributed by atoms with Crippen LogP contribution in [-0.4, -0.2) is 41.6 Å². The smallest absolute Gasteiger partial charge is 0.305 e. The predicted octanol–water partition coefficient (Wildman–Crippen LogP) is 2.64. The van der Waals surface area contributed by atoms with Crippen LogP contribution in [0.3, 0.4) is 0 Å². The van der Waals surface area contributed by atoms with Gasteiger partial charge in [-0.1, -0.05) is 31.5 Å². The van der Waals surface area contributed by atoms with Gasteiger partial charge in [0.1, 0.15) is 0 Å². The monoisotopic (exact) mass is 300 g/mol. The minimum atomic E-state index is -0.0803. The van der Waals surface area contributed by atoms with Crippen molar-refractivity contribution in [1.82, 2.24) is 4.90 Å². The molecule has 0 heterocycles. The Morgan fingerprint density at radius 1 is 1.30 bits per heavy atom. The van der Waals surface area contributed by atoms with Crippen molar-refractivity contribution >= 4 is 23.2 Å². The van der Waals surface area contributed by atoms with Crippen LogP contribution in [0.5, 0.6) is 0 Å². The fourth-order valence-corrected chi connectivity index (χ4v) is 3.02. The largest absolute Gasteiger partial charge is 0.466 e. The molecule has 5 heteroatoms. The van der Waals surface area contributed by atoms with Crippen molar-refractivity contribution in [2.75, 3.05) is 19.7 Å². The molecule has 1 saturated carbocycles. The number of thiocarbonyl (C=S) groups is 1. The van der Waals surface area contributed by atoms with E-state index in [4.69, 9.17) is 22.7 Å². The Bertz CT molecular complexity index is 304. The topological polar surface area (TPSA) is 55.6 Å². The molecule has 0 bridgehead atoms. The SMILES string of the molecule is CCOC(=O)CCCCCN(CC(N)=S)C1CCCC1. The first-order valence-corrected chi connectivity index (χ1v) is 8.22. The van der Waals surface area contributed by atoms with Crippen LogP contribution in [0, 0.1) is 0 Å². The molecular formula is C15H28N2O2S. The van der Waals surface area contributed by atoms with Gasteiger partial charge in [0.25, 0.3) is 0 Å². The van der Waals surface area contributed by atoms with Gasteiger partial charge in [-0.15, -0.1) is 0 Å². The van der Waals surface area contributed by atoms with E-state index < -0.39 is 0 Å².